The van der Waals surface area contributed by atoms with Crippen molar-refractivity contribution in [3.05, 3.63) is 23.7 Å². The number of hydrogen-bond acceptors (Lipinski definition) is 10. The molecule has 3 aromatic rings. The van der Waals surface area contributed by atoms with Gasteiger partial charge < -0.3 is 25.8 Å². The highest BCUT2D eigenvalue weighted by atomic mass is 32.1. The highest BCUT2D eigenvalue weighted by Crippen LogP contribution is 2.40. The Morgan fingerprint density at radius 3 is 2.59 bits per heavy atom. The zero-order chi connectivity index (χ0) is 26.2. The van der Waals surface area contributed by atoms with Crippen LogP contribution in [0.3, 0.4) is 0 Å². The molecule has 4 heterocycles. The van der Waals surface area contributed by atoms with Crippen LogP contribution in [-0.2, 0) is 4.74 Å². The molecule has 5 rings (SSSR count). The van der Waals surface area contributed by atoms with Crippen LogP contribution in [0.5, 0.6) is 0 Å². The Morgan fingerprint density at radius 1 is 1.14 bits per heavy atom. The Kier molecular flexibility index (Phi) is 7.37. The third kappa shape index (κ3) is 5.57. The smallest absolute Gasteiger partial charge is 0.224 e. The van der Waals surface area contributed by atoms with E-state index in [-0.39, 0.29) is 17.5 Å². The van der Waals surface area contributed by atoms with Crippen LogP contribution in [0.2, 0.25) is 0 Å². The molecule has 0 radical (unpaired) electrons. The molecule has 9 nitrogen and oxygen atoms in total. The van der Waals surface area contributed by atoms with Crippen molar-refractivity contribution < 1.29 is 9.84 Å². The monoisotopic (exact) mass is 525 g/mol. The van der Waals surface area contributed by atoms with E-state index in [0.717, 1.165) is 89.9 Å². The van der Waals surface area contributed by atoms with Gasteiger partial charge >= 0.3 is 0 Å². The molecule has 0 amide bonds. The van der Waals surface area contributed by atoms with Crippen LogP contribution in [-0.4, -0.2) is 69.0 Å². The normalized spacial score (nSPS) is 21.9. The molecule has 10 heteroatoms. The number of rotatable bonds is 8. The molecule has 1 saturated heterocycles. The van der Waals surface area contributed by atoms with Gasteiger partial charge in [-0.2, -0.15) is 4.98 Å². The Bertz CT molecular complexity index is 1250. The quantitative estimate of drug-likeness (QED) is 0.341. The summed E-state index contributed by atoms with van der Waals surface area (Å²) in [5, 5.41) is 22.2. The van der Waals surface area contributed by atoms with Crippen molar-refractivity contribution in [2.75, 3.05) is 37.4 Å². The molecule has 1 saturated carbocycles. The zero-order valence-electron chi connectivity index (χ0n) is 22.5. The van der Waals surface area contributed by atoms with Crippen molar-refractivity contribution in [1.82, 2.24) is 25.3 Å². The number of aromatic nitrogens is 4. The van der Waals surface area contributed by atoms with E-state index in [9.17, 15) is 5.11 Å². The second kappa shape index (κ2) is 10.4. The number of ether oxygens (including phenoxy) is 1. The second-order valence-electron chi connectivity index (χ2n) is 11.1. The topological polar surface area (TPSA) is 117 Å². The number of aryl methyl sites for hydroxylation is 2. The van der Waals surface area contributed by atoms with E-state index in [1.54, 1.807) is 11.3 Å². The number of aliphatic hydroxyl groups is 1. The van der Waals surface area contributed by atoms with Gasteiger partial charge in [-0.3, -0.25) is 4.98 Å². The van der Waals surface area contributed by atoms with Crippen molar-refractivity contribution >= 4 is 33.3 Å². The van der Waals surface area contributed by atoms with Crippen LogP contribution >= 0.6 is 11.3 Å². The first-order valence-corrected chi connectivity index (χ1v) is 14.1. The molecule has 0 bridgehead atoms. The van der Waals surface area contributed by atoms with Crippen LogP contribution in [0.1, 0.15) is 57.3 Å². The minimum Gasteiger partial charge on any atom is -0.390 e. The summed E-state index contributed by atoms with van der Waals surface area (Å²) in [6, 6.07) is 2.24. The molecular formula is C27H39N7O2S. The van der Waals surface area contributed by atoms with Crippen LogP contribution in [0, 0.1) is 19.8 Å². The molecule has 3 aromatic heterocycles. The van der Waals surface area contributed by atoms with Gasteiger partial charge in [0.1, 0.15) is 16.3 Å². The van der Waals surface area contributed by atoms with Crippen molar-refractivity contribution in [3.63, 3.8) is 0 Å². The van der Waals surface area contributed by atoms with E-state index in [0.29, 0.717) is 5.95 Å². The third-order valence-electron chi connectivity index (χ3n) is 8.13. The number of pyridine rings is 1. The Hall–Kier alpha value is -2.40. The number of likely N-dealkylation sites (N-methyl/N-ethyl adjacent to an activating group) is 1. The molecule has 2 unspecified atom stereocenters. The largest absolute Gasteiger partial charge is 0.390 e. The lowest BCUT2D eigenvalue weighted by molar-refractivity contribution is 0.0197. The van der Waals surface area contributed by atoms with E-state index in [1.165, 1.54) is 0 Å². The van der Waals surface area contributed by atoms with Gasteiger partial charge in [0.15, 0.2) is 0 Å². The molecule has 1 aliphatic heterocycles. The fourth-order valence-electron chi connectivity index (χ4n) is 5.57. The number of nitrogens with one attached hydrogen (secondary N) is 3. The van der Waals surface area contributed by atoms with Gasteiger partial charge in [-0.25, -0.2) is 9.97 Å². The maximum Gasteiger partial charge on any atom is 0.224 e. The molecule has 0 aromatic carbocycles. The molecular weight excluding hydrogens is 486 g/mol. The molecule has 1 aliphatic carbocycles. The molecule has 2 aliphatic rings. The summed E-state index contributed by atoms with van der Waals surface area (Å²) in [6.45, 7) is 10.1. The van der Waals surface area contributed by atoms with Gasteiger partial charge in [0.05, 0.1) is 27.3 Å². The summed E-state index contributed by atoms with van der Waals surface area (Å²) >= 11 is 1.65. The summed E-state index contributed by atoms with van der Waals surface area (Å²) in [5.41, 5.74) is 2.94. The number of thiazole rings is 1. The van der Waals surface area contributed by atoms with Crippen LogP contribution in [0.15, 0.2) is 12.3 Å². The molecule has 2 fully saturated rings. The van der Waals surface area contributed by atoms with Crippen molar-refractivity contribution in [2.45, 2.75) is 77.0 Å². The minimum atomic E-state index is -0.684. The van der Waals surface area contributed by atoms with Crippen molar-refractivity contribution in [3.8, 4) is 10.6 Å². The van der Waals surface area contributed by atoms with Crippen LogP contribution in [0.4, 0.5) is 11.8 Å². The average molecular weight is 526 g/mol. The van der Waals surface area contributed by atoms with Gasteiger partial charge in [0.25, 0.3) is 0 Å². The zero-order valence-corrected chi connectivity index (χ0v) is 23.3. The van der Waals surface area contributed by atoms with Gasteiger partial charge in [-0.05, 0) is 78.8 Å². The lowest BCUT2D eigenvalue weighted by Gasteiger charge is -2.37. The SMILES string of the molecule is CNC1(CNc2nc(C)c(-c3nc4c(C)nccc4s3)c(NC3CCC(C(C)(C)O)C3)n2)CCOCC1. The van der Waals surface area contributed by atoms with Crippen molar-refractivity contribution in [1.29, 1.82) is 0 Å². The van der Waals surface area contributed by atoms with E-state index >= 15 is 0 Å². The van der Waals surface area contributed by atoms with Gasteiger partial charge in [0.2, 0.25) is 5.95 Å². The standard InChI is InChI=1S/C27H39N7O2S/c1-16-21(24-33-22-17(2)29-11-8-20(22)37-24)23(32-19-7-6-18(14-19)26(3,4)35)34-25(31-16)30-15-27(28-5)9-12-36-13-10-27/h8,11,18-19,28,35H,6-7,9-10,12-15H2,1-5H3,(H2,30,31,32,34). The van der Waals surface area contributed by atoms with E-state index in [2.05, 4.69) is 20.9 Å². The number of fused-ring (bicyclic) bond motifs is 1. The van der Waals surface area contributed by atoms with Gasteiger partial charge in [-0.1, -0.05) is 0 Å². The van der Waals surface area contributed by atoms with Gasteiger partial charge in [-0.15, -0.1) is 11.3 Å². The number of nitrogens with zero attached hydrogens (tertiary/aromatic N) is 4. The predicted octanol–water partition coefficient (Wildman–Crippen LogP) is 4.30. The second-order valence-corrected chi connectivity index (χ2v) is 12.2. The predicted molar refractivity (Wildman–Crippen MR) is 149 cm³/mol. The summed E-state index contributed by atoms with van der Waals surface area (Å²) in [5.74, 6) is 1.67. The van der Waals surface area contributed by atoms with E-state index in [1.807, 2.05) is 47.0 Å². The fraction of sp³-hybridized carbons (Fsp3) is 0.630. The molecule has 0 spiro atoms. The Labute approximate surface area is 222 Å². The maximum atomic E-state index is 10.6. The first-order chi connectivity index (χ1) is 17.7. The Morgan fingerprint density at radius 2 is 1.92 bits per heavy atom. The summed E-state index contributed by atoms with van der Waals surface area (Å²) in [6.07, 6.45) is 6.60. The molecule has 37 heavy (non-hydrogen) atoms. The highest BCUT2D eigenvalue weighted by molar-refractivity contribution is 7.21. The Balaban J connectivity index is 1.48. The van der Waals surface area contributed by atoms with Crippen molar-refractivity contribution in [2.24, 2.45) is 5.92 Å². The van der Waals surface area contributed by atoms with Gasteiger partial charge in [0, 0.05) is 37.5 Å². The first-order valence-electron chi connectivity index (χ1n) is 13.3. The number of anilines is 2. The molecule has 4 N–H and O–H groups in total. The van der Waals surface area contributed by atoms with Crippen LogP contribution < -0.4 is 16.0 Å². The summed E-state index contributed by atoms with van der Waals surface area (Å²) in [4.78, 5) is 19.2. The summed E-state index contributed by atoms with van der Waals surface area (Å²) in [7, 11) is 2.01. The van der Waals surface area contributed by atoms with E-state index in [4.69, 9.17) is 19.7 Å². The van der Waals surface area contributed by atoms with Crippen LogP contribution in [0.25, 0.3) is 20.8 Å². The molecule has 2 atom stereocenters. The lowest BCUT2D eigenvalue weighted by atomic mass is 9.89. The van der Waals surface area contributed by atoms with E-state index < -0.39 is 5.60 Å². The highest BCUT2D eigenvalue weighted by Gasteiger charge is 2.35. The average Bonchev–Trinajstić information content (AvgIpc) is 3.51. The number of hydrogen-bond donors (Lipinski definition) is 4. The first kappa shape index (κ1) is 26.2. The third-order valence-corrected chi connectivity index (χ3v) is 9.17. The maximum absolute atomic E-state index is 10.6. The minimum absolute atomic E-state index is 0.0370. The fourth-order valence-corrected chi connectivity index (χ4v) is 6.69. The lowest BCUT2D eigenvalue weighted by Crippen LogP contribution is -2.52. The molecule has 200 valence electrons. The summed E-state index contributed by atoms with van der Waals surface area (Å²) < 4.78 is 6.69.